The second-order valence-corrected chi connectivity index (χ2v) is 5.58. The smallest absolute Gasteiger partial charge is 0.338 e. The highest BCUT2D eigenvalue weighted by molar-refractivity contribution is 6.31. The van der Waals surface area contributed by atoms with Crippen molar-refractivity contribution >= 4 is 23.5 Å². The van der Waals surface area contributed by atoms with Crippen molar-refractivity contribution in [3.05, 3.63) is 70.2 Å². The number of hydrogen-bond donors (Lipinski definition) is 1. The monoisotopic (exact) mass is 331 g/mol. The minimum absolute atomic E-state index is 0.0953. The van der Waals surface area contributed by atoms with Crippen LogP contribution in [0.4, 0.5) is 0 Å². The van der Waals surface area contributed by atoms with Gasteiger partial charge >= 0.3 is 5.97 Å². The van der Waals surface area contributed by atoms with Crippen LogP contribution in [0.1, 0.15) is 41.4 Å². The number of ether oxygens (including phenoxy) is 1. The molecule has 0 bridgehead atoms. The molecule has 1 N–H and O–H groups in total. The van der Waals surface area contributed by atoms with E-state index in [2.05, 4.69) is 5.32 Å². The third-order valence-electron chi connectivity index (χ3n) is 3.36. The van der Waals surface area contributed by atoms with Crippen LogP contribution in [0.25, 0.3) is 0 Å². The number of rotatable bonds is 5. The topological polar surface area (TPSA) is 55.4 Å². The largest absolute Gasteiger partial charge is 0.454 e. The molecule has 0 aliphatic heterocycles. The summed E-state index contributed by atoms with van der Waals surface area (Å²) in [6.07, 6.45) is -0.435. The summed E-state index contributed by atoms with van der Waals surface area (Å²) in [6, 6.07) is 14.2. The number of nitrogens with one attached hydrogen (secondary N) is 1. The van der Waals surface area contributed by atoms with Crippen molar-refractivity contribution in [3.8, 4) is 0 Å². The van der Waals surface area contributed by atoms with E-state index in [9.17, 15) is 9.59 Å². The Morgan fingerprint density at radius 2 is 1.78 bits per heavy atom. The molecule has 2 aromatic rings. The maximum atomic E-state index is 12.2. The van der Waals surface area contributed by atoms with E-state index in [0.29, 0.717) is 17.1 Å². The first kappa shape index (κ1) is 17.0. The SMILES string of the molecule is CC(=O)NCc1ccc(C(=O)O[C@@H](C)c2ccccc2Cl)cc1. The molecule has 1 atom stereocenters. The van der Waals surface area contributed by atoms with Crippen molar-refractivity contribution in [3.63, 3.8) is 0 Å². The molecule has 0 aliphatic carbocycles. The first-order valence-corrected chi connectivity index (χ1v) is 7.64. The number of benzene rings is 2. The highest BCUT2D eigenvalue weighted by atomic mass is 35.5. The average molecular weight is 332 g/mol. The van der Waals surface area contributed by atoms with Crippen LogP contribution in [-0.4, -0.2) is 11.9 Å². The van der Waals surface area contributed by atoms with Crippen LogP contribution < -0.4 is 5.32 Å². The second kappa shape index (κ2) is 7.79. The Morgan fingerprint density at radius 1 is 1.13 bits per heavy atom. The molecule has 0 saturated carbocycles. The molecule has 0 spiro atoms. The standard InChI is InChI=1S/C18H18ClNO3/c1-12(16-5-3-4-6-17(16)19)23-18(22)15-9-7-14(8-10-15)11-20-13(2)21/h3-10,12H,11H2,1-2H3,(H,20,21)/t12-/m0/s1. The van der Waals surface area contributed by atoms with E-state index in [4.69, 9.17) is 16.3 Å². The maximum Gasteiger partial charge on any atom is 0.338 e. The Hall–Kier alpha value is -2.33. The van der Waals surface area contributed by atoms with Crippen molar-refractivity contribution in [1.82, 2.24) is 5.32 Å². The minimum Gasteiger partial charge on any atom is -0.454 e. The maximum absolute atomic E-state index is 12.2. The van der Waals surface area contributed by atoms with Crippen molar-refractivity contribution in [2.75, 3.05) is 0 Å². The number of carbonyl (C=O) groups is 2. The summed E-state index contributed by atoms with van der Waals surface area (Å²) in [6.45, 7) is 3.67. The van der Waals surface area contributed by atoms with Gasteiger partial charge in [0.15, 0.2) is 0 Å². The molecule has 0 heterocycles. The number of esters is 1. The molecule has 1 amide bonds. The van der Waals surface area contributed by atoms with Crippen LogP contribution in [0.5, 0.6) is 0 Å². The van der Waals surface area contributed by atoms with Gasteiger partial charge in [0.2, 0.25) is 5.91 Å². The van der Waals surface area contributed by atoms with Gasteiger partial charge in [0.1, 0.15) is 6.10 Å². The zero-order valence-electron chi connectivity index (χ0n) is 13.0. The van der Waals surface area contributed by atoms with E-state index >= 15 is 0 Å². The molecule has 4 nitrogen and oxygen atoms in total. The summed E-state index contributed by atoms with van der Waals surface area (Å²) >= 11 is 6.10. The normalized spacial score (nSPS) is 11.6. The number of halogens is 1. The first-order valence-electron chi connectivity index (χ1n) is 7.26. The van der Waals surface area contributed by atoms with Gasteiger partial charge in [0, 0.05) is 24.1 Å². The summed E-state index contributed by atoms with van der Waals surface area (Å²) < 4.78 is 5.45. The van der Waals surface area contributed by atoms with Gasteiger partial charge in [-0.15, -0.1) is 0 Å². The van der Waals surface area contributed by atoms with E-state index in [1.165, 1.54) is 6.92 Å². The van der Waals surface area contributed by atoms with Gasteiger partial charge in [-0.3, -0.25) is 4.79 Å². The lowest BCUT2D eigenvalue weighted by Gasteiger charge is -2.15. The van der Waals surface area contributed by atoms with Gasteiger partial charge in [-0.25, -0.2) is 4.79 Å². The Morgan fingerprint density at radius 3 is 2.39 bits per heavy atom. The van der Waals surface area contributed by atoms with Gasteiger partial charge in [0.05, 0.1) is 5.56 Å². The molecule has 0 radical (unpaired) electrons. The molecular weight excluding hydrogens is 314 g/mol. The molecule has 0 fully saturated rings. The zero-order chi connectivity index (χ0) is 16.8. The highest BCUT2D eigenvalue weighted by Gasteiger charge is 2.15. The van der Waals surface area contributed by atoms with Gasteiger partial charge in [-0.1, -0.05) is 41.9 Å². The Labute approximate surface area is 140 Å². The van der Waals surface area contributed by atoms with Gasteiger partial charge < -0.3 is 10.1 Å². The molecule has 0 aromatic heterocycles. The molecule has 23 heavy (non-hydrogen) atoms. The molecule has 0 aliphatic rings. The molecule has 5 heteroatoms. The number of hydrogen-bond acceptors (Lipinski definition) is 3. The summed E-state index contributed by atoms with van der Waals surface area (Å²) in [5.41, 5.74) is 2.14. The van der Waals surface area contributed by atoms with Gasteiger partial charge in [-0.05, 0) is 30.7 Å². The Kier molecular flexibility index (Phi) is 5.77. The number of carbonyl (C=O) groups excluding carboxylic acids is 2. The molecular formula is C18H18ClNO3. The quantitative estimate of drug-likeness (QED) is 0.845. The molecule has 2 aromatic carbocycles. The Bertz CT molecular complexity index is 698. The third-order valence-corrected chi connectivity index (χ3v) is 3.70. The summed E-state index contributed by atoms with van der Waals surface area (Å²) in [7, 11) is 0. The molecule has 0 saturated heterocycles. The fourth-order valence-corrected chi connectivity index (χ4v) is 2.37. The van der Waals surface area contributed by atoms with Crippen LogP contribution in [0.2, 0.25) is 5.02 Å². The van der Waals surface area contributed by atoms with Gasteiger partial charge in [0.25, 0.3) is 0 Å². The fraction of sp³-hybridized carbons (Fsp3) is 0.222. The molecule has 120 valence electrons. The van der Waals surface area contributed by atoms with E-state index in [1.807, 2.05) is 18.2 Å². The van der Waals surface area contributed by atoms with Crippen molar-refractivity contribution in [1.29, 1.82) is 0 Å². The Balaban J connectivity index is 2.00. The first-order chi connectivity index (χ1) is 11.0. The minimum atomic E-state index is -0.435. The summed E-state index contributed by atoms with van der Waals surface area (Å²) in [5, 5.41) is 3.27. The van der Waals surface area contributed by atoms with Crippen LogP contribution in [-0.2, 0) is 16.1 Å². The summed E-state index contributed by atoms with van der Waals surface area (Å²) in [4.78, 5) is 23.1. The average Bonchev–Trinajstić information content (AvgIpc) is 2.53. The zero-order valence-corrected chi connectivity index (χ0v) is 13.8. The third kappa shape index (κ3) is 4.83. The van der Waals surface area contributed by atoms with Gasteiger partial charge in [-0.2, -0.15) is 0 Å². The molecule has 2 rings (SSSR count). The number of amides is 1. The predicted molar refractivity (Wildman–Crippen MR) is 89.2 cm³/mol. The lowest BCUT2D eigenvalue weighted by Crippen LogP contribution is -2.18. The van der Waals surface area contributed by atoms with Crippen molar-refractivity contribution < 1.29 is 14.3 Å². The fourth-order valence-electron chi connectivity index (χ4n) is 2.08. The molecule has 0 unspecified atom stereocenters. The van der Waals surface area contributed by atoms with Crippen molar-refractivity contribution in [2.45, 2.75) is 26.5 Å². The van der Waals surface area contributed by atoms with E-state index in [-0.39, 0.29) is 5.91 Å². The summed E-state index contributed by atoms with van der Waals surface area (Å²) in [5.74, 6) is -0.509. The van der Waals surface area contributed by atoms with Crippen LogP contribution in [0.15, 0.2) is 48.5 Å². The predicted octanol–water partition coefficient (Wildman–Crippen LogP) is 3.89. The van der Waals surface area contributed by atoms with E-state index in [1.54, 1.807) is 37.3 Å². The van der Waals surface area contributed by atoms with Crippen LogP contribution in [0, 0.1) is 0 Å². The van der Waals surface area contributed by atoms with E-state index < -0.39 is 12.1 Å². The lowest BCUT2D eigenvalue weighted by molar-refractivity contribution is -0.119. The van der Waals surface area contributed by atoms with Crippen LogP contribution >= 0.6 is 11.6 Å². The lowest BCUT2D eigenvalue weighted by atomic mass is 10.1. The van der Waals surface area contributed by atoms with Crippen molar-refractivity contribution in [2.24, 2.45) is 0 Å². The van der Waals surface area contributed by atoms with Crippen LogP contribution in [0.3, 0.4) is 0 Å². The second-order valence-electron chi connectivity index (χ2n) is 5.18. The van der Waals surface area contributed by atoms with E-state index in [0.717, 1.165) is 11.1 Å². The highest BCUT2D eigenvalue weighted by Crippen LogP contribution is 2.25.